The third-order valence-electron chi connectivity index (χ3n) is 2.25. The number of nitriles is 1. The summed E-state index contributed by atoms with van der Waals surface area (Å²) in [6, 6.07) is 6.07. The van der Waals surface area contributed by atoms with Crippen LogP contribution in [0.3, 0.4) is 0 Å². The number of aromatic nitrogens is 1. The van der Waals surface area contributed by atoms with Crippen LogP contribution < -0.4 is 5.32 Å². The standard InChI is InChI=1S/C11H15N3/c1-3-10(4-2)14-11-9(8-12)6-5-7-13-11/h5-7,10H,3-4H2,1-2H3,(H,13,14). The topological polar surface area (TPSA) is 48.7 Å². The molecule has 0 aliphatic carbocycles. The van der Waals surface area contributed by atoms with Crippen LogP contribution in [0.2, 0.25) is 0 Å². The Morgan fingerprint density at radius 1 is 1.50 bits per heavy atom. The van der Waals surface area contributed by atoms with Gasteiger partial charge in [0.15, 0.2) is 0 Å². The molecule has 1 aromatic heterocycles. The summed E-state index contributed by atoms with van der Waals surface area (Å²) < 4.78 is 0. The number of hydrogen-bond acceptors (Lipinski definition) is 3. The Hall–Kier alpha value is -1.56. The Labute approximate surface area is 84.8 Å². The SMILES string of the molecule is CCC(CC)Nc1ncccc1C#N. The minimum atomic E-state index is 0.400. The third kappa shape index (κ3) is 2.46. The molecule has 14 heavy (non-hydrogen) atoms. The smallest absolute Gasteiger partial charge is 0.144 e. The predicted molar refractivity (Wildman–Crippen MR) is 56.9 cm³/mol. The van der Waals surface area contributed by atoms with E-state index in [0.29, 0.717) is 17.4 Å². The highest BCUT2D eigenvalue weighted by Gasteiger charge is 2.07. The fourth-order valence-electron chi connectivity index (χ4n) is 1.30. The van der Waals surface area contributed by atoms with Gasteiger partial charge in [0.25, 0.3) is 0 Å². The molecule has 0 atom stereocenters. The molecule has 0 unspecified atom stereocenters. The summed E-state index contributed by atoms with van der Waals surface area (Å²) in [5.41, 5.74) is 0.611. The van der Waals surface area contributed by atoms with Crippen LogP contribution in [0, 0.1) is 11.3 Å². The van der Waals surface area contributed by atoms with Gasteiger partial charge < -0.3 is 5.32 Å². The Bertz CT molecular complexity index is 324. The van der Waals surface area contributed by atoms with E-state index in [2.05, 4.69) is 30.2 Å². The van der Waals surface area contributed by atoms with Crippen molar-refractivity contribution in [2.24, 2.45) is 0 Å². The first-order valence-corrected chi connectivity index (χ1v) is 4.93. The summed E-state index contributed by atoms with van der Waals surface area (Å²) in [5, 5.41) is 12.1. The number of nitrogens with zero attached hydrogens (tertiary/aromatic N) is 2. The first-order valence-electron chi connectivity index (χ1n) is 4.93. The van der Waals surface area contributed by atoms with Gasteiger partial charge in [0, 0.05) is 12.2 Å². The molecule has 1 rings (SSSR count). The normalized spacial score (nSPS) is 9.86. The van der Waals surface area contributed by atoms with Gasteiger partial charge in [-0.25, -0.2) is 4.98 Å². The van der Waals surface area contributed by atoms with Crippen LogP contribution in [0.4, 0.5) is 5.82 Å². The molecule has 0 radical (unpaired) electrons. The fourth-order valence-corrected chi connectivity index (χ4v) is 1.30. The van der Waals surface area contributed by atoms with Gasteiger partial charge in [-0.15, -0.1) is 0 Å². The van der Waals surface area contributed by atoms with Gasteiger partial charge in [-0.2, -0.15) is 5.26 Å². The van der Waals surface area contributed by atoms with Gasteiger partial charge in [0.1, 0.15) is 11.9 Å². The van der Waals surface area contributed by atoms with E-state index in [1.807, 2.05) is 0 Å². The van der Waals surface area contributed by atoms with Crippen molar-refractivity contribution < 1.29 is 0 Å². The first kappa shape index (κ1) is 10.5. The molecule has 0 spiro atoms. The summed E-state index contributed by atoms with van der Waals surface area (Å²) in [4.78, 5) is 4.15. The second kappa shape index (κ2) is 5.23. The number of hydrogen-bond donors (Lipinski definition) is 1. The van der Waals surface area contributed by atoms with Crippen molar-refractivity contribution in [3.63, 3.8) is 0 Å². The van der Waals surface area contributed by atoms with Crippen LogP contribution in [-0.4, -0.2) is 11.0 Å². The van der Waals surface area contributed by atoms with Crippen LogP contribution in [0.5, 0.6) is 0 Å². The zero-order valence-corrected chi connectivity index (χ0v) is 8.62. The fraction of sp³-hybridized carbons (Fsp3) is 0.455. The highest BCUT2D eigenvalue weighted by Crippen LogP contribution is 2.13. The maximum Gasteiger partial charge on any atom is 0.144 e. The van der Waals surface area contributed by atoms with E-state index in [-0.39, 0.29) is 0 Å². The maximum atomic E-state index is 8.85. The van der Waals surface area contributed by atoms with Crippen LogP contribution in [0.1, 0.15) is 32.3 Å². The maximum absolute atomic E-state index is 8.85. The number of rotatable bonds is 4. The molecule has 3 heteroatoms. The number of nitrogens with one attached hydrogen (secondary N) is 1. The minimum Gasteiger partial charge on any atom is -0.366 e. The molecule has 1 aromatic rings. The molecular formula is C11H15N3. The summed E-state index contributed by atoms with van der Waals surface area (Å²) in [6.45, 7) is 4.24. The average molecular weight is 189 g/mol. The highest BCUT2D eigenvalue weighted by molar-refractivity contribution is 5.51. The molecule has 1 heterocycles. The molecular weight excluding hydrogens is 174 g/mol. The Kier molecular flexibility index (Phi) is 3.93. The van der Waals surface area contributed by atoms with Gasteiger partial charge in [0.2, 0.25) is 0 Å². The molecule has 0 saturated heterocycles. The minimum absolute atomic E-state index is 0.400. The monoisotopic (exact) mass is 189 g/mol. The van der Waals surface area contributed by atoms with Crippen LogP contribution >= 0.6 is 0 Å². The molecule has 3 nitrogen and oxygen atoms in total. The van der Waals surface area contributed by atoms with E-state index < -0.39 is 0 Å². The molecule has 0 aliphatic rings. The molecule has 0 aromatic carbocycles. The summed E-state index contributed by atoms with van der Waals surface area (Å²) in [5.74, 6) is 0.698. The van der Waals surface area contributed by atoms with Crippen molar-refractivity contribution in [3.8, 4) is 6.07 Å². The summed E-state index contributed by atoms with van der Waals surface area (Å²) in [6.07, 6.45) is 3.78. The summed E-state index contributed by atoms with van der Waals surface area (Å²) >= 11 is 0. The lowest BCUT2D eigenvalue weighted by atomic mass is 10.1. The van der Waals surface area contributed by atoms with Gasteiger partial charge in [-0.3, -0.25) is 0 Å². The third-order valence-corrected chi connectivity index (χ3v) is 2.25. The molecule has 0 saturated carbocycles. The van der Waals surface area contributed by atoms with E-state index in [9.17, 15) is 0 Å². The quantitative estimate of drug-likeness (QED) is 0.791. The Morgan fingerprint density at radius 2 is 2.21 bits per heavy atom. The molecule has 1 N–H and O–H groups in total. The zero-order valence-electron chi connectivity index (χ0n) is 8.62. The van der Waals surface area contributed by atoms with Crippen molar-refractivity contribution >= 4 is 5.82 Å². The zero-order chi connectivity index (χ0) is 10.4. The lowest BCUT2D eigenvalue weighted by molar-refractivity contribution is 0.668. The Morgan fingerprint density at radius 3 is 2.79 bits per heavy atom. The molecule has 74 valence electrons. The van der Waals surface area contributed by atoms with Crippen LogP contribution in [-0.2, 0) is 0 Å². The van der Waals surface area contributed by atoms with E-state index >= 15 is 0 Å². The van der Waals surface area contributed by atoms with E-state index in [1.165, 1.54) is 0 Å². The van der Waals surface area contributed by atoms with E-state index in [1.54, 1.807) is 18.3 Å². The van der Waals surface area contributed by atoms with Crippen molar-refractivity contribution in [2.45, 2.75) is 32.7 Å². The number of anilines is 1. The number of pyridine rings is 1. The molecule has 0 aliphatic heterocycles. The van der Waals surface area contributed by atoms with Gasteiger partial charge in [0.05, 0.1) is 5.56 Å². The van der Waals surface area contributed by atoms with E-state index in [4.69, 9.17) is 5.26 Å². The van der Waals surface area contributed by atoms with Gasteiger partial charge in [-0.1, -0.05) is 13.8 Å². The first-order chi connectivity index (χ1) is 6.81. The second-order valence-electron chi connectivity index (χ2n) is 3.17. The molecule has 0 fully saturated rings. The van der Waals surface area contributed by atoms with Crippen molar-refractivity contribution in [2.75, 3.05) is 5.32 Å². The van der Waals surface area contributed by atoms with Crippen LogP contribution in [0.15, 0.2) is 18.3 Å². The Balaban J connectivity index is 2.80. The van der Waals surface area contributed by atoms with Crippen molar-refractivity contribution in [3.05, 3.63) is 23.9 Å². The van der Waals surface area contributed by atoms with E-state index in [0.717, 1.165) is 12.8 Å². The predicted octanol–water partition coefficient (Wildman–Crippen LogP) is 2.55. The largest absolute Gasteiger partial charge is 0.366 e. The van der Waals surface area contributed by atoms with Crippen LogP contribution in [0.25, 0.3) is 0 Å². The average Bonchev–Trinajstić information content (AvgIpc) is 2.26. The lowest BCUT2D eigenvalue weighted by Gasteiger charge is -2.15. The van der Waals surface area contributed by atoms with Gasteiger partial charge in [-0.05, 0) is 25.0 Å². The van der Waals surface area contributed by atoms with Crippen molar-refractivity contribution in [1.29, 1.82) is 5.26 Å². The van der Waals surface area contributed by atoms with Gasteiger partial charge >= 0.3 is 0 Å². The highest BCUT2D eigenvalue weighted by atomic mass is 15.0. The summed E-state index contributed by atoms with van der Waals surface area (Å²) in [7, 11) is 0. The molecule has 0 amide bonds. The van der Waals surface area contributed by atoms with Crippen molar-refractivity contribution in [1.82, 2.24) is 4.98 Å². The second-order valence-corrected chi connectivity index (χ2v) is 3.17. The lowest BCUT2D eigenvalue weighted by Crippen LogP contribution is -2.18. The molecule has 0 bridgehead atoms.